The number of rotatable bonds is 2. The van der Waals surface area contributed by atoms with Crippen LogP contribution in [-0.4, -0.2) is 29.2 Å². The van der Waals surface area contributed by atoms with E-state index in [-0.39, 0.29) is 16.7 Å². The molecule has 6 heteroatoms. The van der Waals surface area contributed by atoms with E-state index in [1.54, 1.807) is 37.3 Å². The van der Waals surface area contributed by atoms with Crippen molar-refractivity contribution in [3.8, 4) is 0 Å². The van der Waals surface area contributed by atoms with Crippen molar-refractivity contribution in [1.82, 2.24) is 0 Å². The Kier molecular flexibility index (Phi) is 3.60. The predicted octanol–water partition coefficient (Wildman–Crippen LogP) is 2.93. The van der Waals surface area contributed by atoms with Crippen molar-refractivity contribution < 1.29 is 23.5 Å². The Labute approximate surface area is 131 Å². The van der Waals surface area contributed by atoms with Gasteiger partial charge in [0.25, 0.3) is 0 Å². The molecule has 0 aromatic heterocycles. The highest BCUT2D eigenvalue weighted by Gasteiger charge is 2.41. The zero-order valence-corrected chi connectivity index (χ0v) is 12.2. The molecular formula is C17H13F2NO3. The number of ketones is 1. The molecule has 1 aliphatic carbocycles. The van der Waals surface area contributed by atoms with Crippen molar-refractivity contribution in [3.05, 3.63) is 65.0 Å². The number of anilines is 1. The molecule has 2 unspecified atom stereocenters. The predicted molar refractivity (Wildman–Crippen MR) is 80.2 cm³/mol. The summed E-state index contributed by atoms with van der Waals surface area (Å²) in [6, 6.07) is 8.75. The summed E-state index contributed by atoms with van der Waals surface area (Å²) in [5, 5.41) is 9.47. The lowest BCUT2D eigenvalue weighted by molar-refractivity contribution is -0.132. The second kappa shape index (κ2) is 5.46. The van der Waals surface area contributed by atoms with E-state index in [2.05, 4.69) is 0 Å². The Morgan fingerprint density at radius 3 is 2.48 bits per heavy atom. The zero-order valence-electron chi connectivity index (χ0n) is 12.2. The molecule has 0 amide bonds. The molecular weight excluding hydrogens is 304 g/mol. The third kappa shape index (κ3) is 2.36. The third-order valence-corrected chi connectivity index (χ3v) is 3.93. The molecule has 1 aromatic carbocycles. The minimum absolute atomic E-state index is 0.0678. The first-order valence-electron chi connectivity index (χ1n) is 6.96. The number of nitrogens with zero attached hydrogens (tertiary/aromatic N) is 1. The molecule has 2 aliphatic rings. The van der Waals surface area contributed by atoms with Gasteiger partial charge < -0.3 is 10.0 Å². The summed E-state index contributed by atoms with van der Waals surface area (Å²) in [6.45, 7) is 1.56. The minimum atomic E-state index is -2.18. The molecule has 2 atom stereocenters. The van der Waals surface area contributed by atoms with E-state index in [0.29, 0.717) is 11.4 Å². The van der Waals surface area contributed by atoms with Crippen LogP contribution in [0.25, 0.3) is 0 Å². The fraction of sp³-hybridized carbons (Fsp3) is 0.176. The van der Waals surface area contributed by atoms with Crippen molar-refractivity contribution in [2.45, 2.75) is 19.3 Å². The lowest BCUT2D eigenvalue weighted by atomic mass is 9.83. The maximum atomic E-state index is 14.3. The largest absolute Gasteiger partial charge is 0.478 e. The molecule has 4 nitrogen and oxygen atoms in total. The SMILES string of the molecule is CC1=C(C(=O)O)C2=CC(F)C(=O)C(F)C2=CN1c1ccccc1. The minimum Gasteiger partial charge on any atom is -0.478 e. The Balaban J connectivity index is 2.22. The molecule has 0 saturated carbocycles. The highest BCUT2D eigenvalue weighted by molar-refractivity contribution is 6.02. The molecule has 1 aromatic rings. The van der Waals surface area contributed by atoms with Crippen LogP contribution in [0.2, 0.25) is 0 Å². The molecule has 0 saturated heterocycles. The van der Waals surface area contributed by atoms with Crippen LogP contribution in [0.1, 0.15) is 6.92 Å². The number of alkyl halides is 2. The van der Waals surface area contributed by atoms with Gasteiger partial charge in [-0.3, -0.25) is 4.79 Å². The average Bonchev–Trinajstić information content (AvgIpc) is 2.53. The molecule has 23 heavy (non-hydrogen) atoms. The van der Waals surface area contributed by atoms with E-state index in [1.807, 2.05) is 0 Å². The first-order valence-corrected chi connectivity index (χ1v) is 6.96. The van der Waals surface area contributed by atoms with Crippen molar-refractivity contribution in [3.63, 3.8) is 0 Å². The number of hydrogen-bond donors (Lipinski definition) is 1. The lowest BCUT2D eigenvalue weighted by Crippen LogP contribution is -2.37. The summed E-state index contributed by atoms with van der Waals surface area (Å²) in [5.74, 6) is -2.51. The maximum absolute atomic E-state index is 14.3. The van der Waals surface area contributed by atoms with E-state index in [0.717, 1.165) is 6.08 Å². The quantitative estimate of drug-likeness (QED) is 0.911. The van der Waals surface area contributed by atoms with Gasteiger partial charge >= 0.3 is 5.97 Å². The monoisotopic (exact) mass is 317 g/mol. The highest BCUT2D eigenvalue weighted by Crippen LogP contribution is 2.39. The summed E-state index contributed by atoms with van der Waals surface area (Å²) in [5.41, 5.74) is 0.548. The lowest BCUT2D eigenvalue weighted by Gasteiger charge is -2.33. The van der Waals surface area contributed by atoms with Crippen molar-refractivity contribution in [2.75, 3.05) is 4.90 Å². The molecule has 0 bridgehead atoms. The average molecular weight is 317 g/mol. The van der Waals surface area contributed by atoms with Gasteiger partial charge in [-0.15, -0.1) is 0 Å². The number of carboxylic acid groups (broad SMARTS) is 1. The van der Waals surface area contributed by atoms with Crippen molar-refractivity contribution >= 4 is 17.4 Å². The van der Waals surface area contributed by atoms with Crippen LogP contribution < -0.4 is 4.90 Å². The number of benzene rings is 1. The number of carboxylic acids is 1. The molecule has 1 aliphatic heterocycles. The first-order chi connectivity index (χ1) is 10.9. The molecule has 1 heterocycles. The van der Waals surface area contributed by atoms with E-state index < -0.39 is 24.1 Å². The van der Waals surface area contributed by atoms with E-state index >= 15 is 0 Å². The number of Topliss-reactive ketones (excluding diaryl/α,β-unsaturated/α-hetero) is 1. The van der Waals surface area contributed by atoms with Crippen LogP contribution in [0.5, 0.6) is 0 Å². The van der Waals surface area contributed by atoms with E-state index in [4.69, 9.17) is 0 Å². The molecule has 118 valence electrons. The van der Waals surface area contributed by atoms with Crippen molar-refractivity contribution in [2.24, 2.45) is 0 Å². The van der Waals surface area contributed by atoms with Gasteiger partial charge in [0.05, 0.1) is 5.57 Å². The fourth-order valence-corrected chi connectivity index (χ4v) is 2.79. The number of allylic oxidation sites excluding steroid dienone is 3. The first kappa shape index (κ1) is 15.1. The van der Waals surface area contributed by atoms with Crippen LogP contribution in [0.3, 0.4) is 0 Å². The molecule has 3 rings (SSSR count). The number of fused-ring (bicyclic) bond motifs is 1. The standard InChI is InChI=1S/C17H13F2NO3/c1-9-14(17(22)23)11-7-13(18)16(21)15(19)12(11)8-20(9)10-5-3-2-4-6-10/h2-8,13,15H,1H3,(H,22,23). The normalized spacial score (nSPS) is 24.1. The zero-order chi connectivity index (χ0) is 16.7. The summed E-state index contributed by atoms with van der Waals surface area (Å²) in [4.78, 5) is 24.7. The summed E-state index contributed by atoms with van der Waals surface area (Å²) in [6.07, 6.45) is -2.09. The molecule has 1 N–H and O–H groups in total. The Hall–Kier alpha value is -2.76. The highest BCUT2D eigenvalue weighted by atomic mass is 19.1. The number of carbonyl (C=O) groups excluding carboxylic acids is 1. The molecule has 0 fully saturated rings. The summed E-state index contributed by atoms with van der Waals surface area (Å²) >= 11 is 0. The number of aliphatic carboxylic acids is 1. The number of hydrogen-bond acceptors (Lipinski definition) is 3. The van der Waals surface area contributed by atoms with Gasteiger partial charge in [0.15, 0.2) is 12.3 Å². The topological polar surface area (TPSA) is 57.6 Å². The van der Waals surface area contributed by atoms with Gasteiger partial charge in [0, 0.05) is 23.2 Å². The van der Waals surface area contributed by atoms with Gasteiger partial charge in [-0.2, -0.15) is 0 Å². The van der Waals surface area contributed by atoms with Crippen molar-refractivity contribution in [1.29, 1.82) is 0 Å². The van der Waals surface area contributed by atoms with Gasteiger partial charge in [0.2, 0.25) is 5.78 Å². The molecule has 0 radical (unpaired) electrons. The third-order valence-electron chi connectivity index (χ3n) is 3.93. The van der Waals surface area contributed by atoms with Gasteiger partial charge in [0.1, 0.15) is 0 Å². The van der Waals surface area contributed by atoms with Gasteiger partial charge in [-0.05, 0) is 30.7 Å². The maximum Gasteiger partial charge on any atom is 0.338 e. The van der Waals surface area contributed by atoms with Crippen LogP contribution in [-0.2, 0) is 9.59 Å². The number of halogens is 2. The number of para-hydroxylation sites is 1. The Morgan fingerprint density at radius 1 is 1.22 bits per heavy atom. The van der Waals surface area contributed by atoms with Gasteiger partial charge in [-0.1, -0.05) is 18.2 Å². The molecule has 0 spiro atoms. The fourth-order valence-electron chi connectivity index (χ4n) is 2.79. The summed E-state index contributed by atoms with van der Waals surface area (Å²) < 4.78 is 27.9. The smallest absolute Gasteiger partial charge is 0.338 e. The van der Waals surface area contributed by atoms with Crippen LogP contribution in [0.15, 0.2) is 65.0 Å². The Bertz CT molecular complexity index is 780. The van der Waals surface area contributed by atoms with Gasteiger partial charge in [-0.25, -0.2) is 13.6 Å². The van der Waals surface area contributed by atoms with E-state index in [9.17, 15) is 23.5 Å². The Morgan fingerprint density at radius 2 is 1.87 bits per heavy atom. The van der Waals surface area contributed by atoms with E-state index in [1.165, 1.54) is 11.1 Å². The van der Waals surface area contributed by atoms with Crippen LogP contribution in [0.4, 0.5) is 14.5 Å². The van der Waals surface area contributed by atoms with Crippen LogP contribution >= 0.6 is 0 Å². The summed E-state index contributed by atoms with van der Waals surface area (Å²) in [7, 11) is 0. The second-order valence-electron chi connectivity index (χ2n) is 5.30. The second-order valence-corrected chi connectivity index (χ2v) is 5.30. The number of carbonyl (C=O) groups is 2. The van der Waals surface area contributed by atoms with Crippen LogP contribution in [0, 0.1) is 0 Å².